The smallest absolute Gasteiger partial charge is 0.241 e. The first kappa shape index (κ1) is 12.2. The van der Waals surface area contributed by atoms with Crippen molar-refractivity contribution in [2.24, 2.45) is 0 Å². The molecule has 0 amide bonds. The average molecular weight is 172 g/mol. The quantitative estimate of drug-likeness (QED) is 0.492. The van der Waals surface area contributed by atoms with E-state index in [1.54, 1.807) is 0 Å². The largest absolute Gasteiger partial charge is 0.416 e. The molecule has 64 valence electrons. The fourth-order valence-corrected chi connectivity index (χ4v) is 0. The summed E-state index contributed by atoms with van der Waals surface area (Å²) in [6.07, 6.45) is -4.62. The SMILES string of the molecule is FC(F)F.FCC(F)(F)F. The maximum atomic E-state index is 10.4. The van der Waals surface area contributed by atoms with E-state index in [1.165, 1.54) is 0 Å². The van der Waals surface area contributed by atoms with Crippen LogP contribution in [0.25, 0.3) is 0 Å². The zero-order valence-corrected chi connectivity index (χ0v) is 4.43. The van der Waals surface area contributed by atoms with Crippen molar-refractivity contribution < 1.29 is 30.7 Å². The van der Waals surface area contributed by atoms with Gasteiger partial charge in [-0.2, -0.15) is 26.3 Å². The molecule has 0 saturated carbocycles. The molecule has 0 aromatic carbocycles. The molecule has 0 fully saturated rings. The normalized spacial score (nSPS) is 10.8. The first-order chi connectivity index (χ1) is 4.29. The van der Waals surface area contributed by atoms with Crippen molar-refractivity contribution in [3.63, 3.8) is 0 Å². The standard InChI is InChI=1S/C2H2F4.CHF3/c3-1-2(4,5)6;2-1(3)4/h1H2;1H. The molecule has 0 N–H and O–H groups in total. The molecule has 7 heteroatoms. The molecule has 10 heavy (non-hydrogen) atoms. The van der Waals surface area contributed by atoms with Gasteiger partial charge in [-0.3, -0.25) is 0 Å². The summed E-state index contributed by atoms with van der Waals surface area (Å²) in [5, 5.41) is 0. The van der Waals surface area contributed by atoms with E-state index < -0.39 is 19.5 Å². The van der Waals surface area contributed by atoms with E-state index in [4.69, 9.17) is 0 Å². The summed E-state index contributed by atoms with van der Waals surface area (Å²) in [6, 6.07) is 0. The van der Waals surface area contributed by atoms with Gasteiger partial charge in [0.2, 0.25) is 0 Å². The second-order valence-electron chi connectivity index (χ2n) is 0.996. The van der Waals surface area contributed by atoms with Crippen molar-refractivity contribution in [2.75, 3.05) is 6.67 Å². The molecule has 0 atom stereocenters. The Hall–Kier alpha value is -0.490. The van der Waals surface area contributed by atoms with E-state index >= 15 is 0 Å². The van der Waals surface area contributed by atoms with Gasteiger partial charge in [-0.25, -0.2) is 4.39 Å². The zero-order chi connectivity index (χ0) is 8.78. The topological polar surface area (TPSA) is 0 Å². The highest BCUT2D eigenvalue weighted by atomic mass is 19.4. The molecule has 0 aliphatic rings. The van der Waals surface area contributed by atoms with Gasteiger partial charge in [-0.05, 0) is 0 Å². The number of hydrogen-bond donors (Lipinski definition) is 0. The van der Waals surface area contributed by atoms with Crippen LogP contribution in [0.15, 0.2) is 0 Å². The molecule has 0 spiro atoms. The Morgan fingerprint density at radius 1 is 1.00 bits per heavy atom. The van der Waals surface area contributed by atoms with Gasteiger partial charge in [0.25, 0.3) is 0 Å². The fourth-order valence-electron chi connectivity index (χ4n) is 0. The lowest BCUT2D eigenvalue weighted by Gasteiger charge is -1.93. The predicted molar refractivity (Wildman–Crippen MR) is 19.1 cm³/mol. The molecule has 0 bridgehead atoms. The van der Waals surface area contributed by atoms with Crippen LogP contribution in [0, 0.1) is 0 Å². The summed E-state index contributed by atoms with van der Waals surface area (Å²) < 4.78 is 70.6. The van der Waals surface area contributed by atoms with Crippen LogP contribution >= 0.6 is 0 Å². The summed E-state index contributed by atoms with van der Waals surface area (Å²) >= 11 is 0. The molecule has 0 unspecified atom stereocenters. The van der Waals surface area contributed by atoms with Gasteiger partial charge in [0.1, 0.15) is 0 Å². The Bertz CT molecular complexity index is 61.0. The second kappa shape index (κ2) is 5.31. The van der Waals surface area contributed by atoms with Gasteiger partial charge in [0, 0.05) is 0 Å². The summed E-state index contributed by atoms with van der Waals surface area (Å²) in [5.74, 6) is 0. The van der Waals surface area contributed by atoms with E-state index in [2.05, 4.69) is 0 Å². The molecule has 0 aliphatic carbocycles. The number of halogens is 7. The average Bonchev–Trinajstić information content (AvgIpc) is 1.63. The third kappa shape index (κ3) is 50.5. The molecule has 0 rings (SSSR count). The van der Waals surface area contributed by atoms with E-state index in [0.29, 0.717) is 0 Å². The molecule has 0 aromatic heterocycles. The van der Waals surface area contributed by atoms with Gasteiger partial charge in [-0.1, -0.05) is 0 Å². The highest BCUT2D eigenvalue weighted by molar-refractivity contribution is 4.39. The third-order valence-corrected chi connectivity index (χ3v) is 0.152. The van der Waals surface area contributed by atoms with Crippen LogP contribution in [-0.4, -0.2) is 19.5 Å². The predicted octanol–water partition coefficient (Wildman–Crippen LogP) is 2.70. The van der Waals surface area contributed by atoms with Crippen LogP contribution in [0.2, 0.25) is 0 Å². The molecule has 0 nitrogen and oxygen atoms in total. The Morgan fingerprint density at radius 3 is 1.10 bits per heavy atom. The van der Waals surface area contributed by atoms with Crippen molar-refractivity contribution in [2.45, 2.75) is 12.9 Å². The Labute approximate surface area is 51.6 Å². The fraction of sp³-hybridized carbons (Fsp3) is 1.00. The van der Waals surface area contributed by atoms with Crippen molar-refractivity contribution in [3.8, 4) is 0 Å². The minimum Gasteiger partial charge on any atom is -0.241 e. The van der Waals surface area contributed by atoms with Crippen LogP contribution in [0.5, 0.6) is 0 Å². The van der Waals surface area contributed by atoms with Gasteiger partial charge in [0.05, 0.1) is 0 Å². The van der Waals surface area contributed by atoms with E-state index in [-0.39, 0.29) is 0 Å². The van der Waals surface area contributed by atoms with E-state index in [0.717, 1.165) is 0 Å². The van der Waals surface area contributed by atoms with Crippen molar-refractivity contribution in [1.29, 1.82) is 0 Å². The van der Waals surface area contributed by atoms with E-state index in [1.807, 2.05) is 0 Å². The van der Waals surface area contributed by atoms with Crippen molar-refractivity contribution in [3.05, 3.63) is 0 Å². The molecule has 0 heterocycles. The van der Waals surface area contributed by atoms with Crippen molar-refractivity contribution >= 4 is 0 Å². The number of hydrogen-bond acceptors (Lipinski definition) is 0. The van der Waals surface area contributed by atoms with Gasteiger partial charge >= 0.3 is 12.9 Å². The Morgan fingerprint density at radius 2 is 1.10 bits per heavy atom. The highest BCUT2D eigenvalue weighted by Gasteiger charge is 2.26. The first-order valence-corrected chi connectivity index (χ1v) is 1.84. The summed E-state index contributed by atoms with van der Waals surface area (Å²) in [7, 11) is 0. The van der Waals surface area contributed by atoms with Crippen LogP contribution in [0.3, 0.4) is 0 Å². The van der Waals surface area contributed by atoms with E-state index in [9.17, 15) is 30.7 Å². The molecular weight excluding hydrogens is 169 g/mol. The summed E-state index contributed by atoms with van der Waals surface area (Å²) in [6.45, 7) is -5.90. The monoisotopic (exact) mass is 172 g/mol. The highest BCUT2D eigenvalue weighted by Crippen LogP contribution is 2.13. The minimum atomic E-state index is -4.62. The zero-order valence-electron chi connectivity index (χ0n) is 4.43. The Kier molecular flexibility index (Phi) is 6.48. The van der Waals surface area contributed by atoms with Crippen LogP contribution < -0.4 is 0 Å². The molecule has 0 aromatic rings. The van der Waals surface area contributed by atoms with Crippen molar-refractivity contribution in [1.82, 2.24) is 0 Å². The lowest BCUT2D eigenvalue weighted by atomic mass is 10.8. The summed E-state index contributed by atoms with van der Waals surface area (Å²) in [5.41, 5.74) is 0. The second-order valence-corrected chi connectivity index (χ2v) is 0.996. The van der Waals surface area contributed by atoms with Crippen LogP contribution in [0.1, 0.15) is 0 Å². The first-order valence-electron chi connectivity index (χ1n) is 1.84. The lowest BCUT2D eigenvalue weighted by Crippen LogP contribution is -2.08. The summed E-state index contributed by atoms with van der Waals surface area (Å²) in [4.78, 5) is 0. The number of rotatable bonds is 0. The molecule has 0 radical (unpaired) electrons. The number of alkyl halides is 7. The molecular formula is C3H3F7. The maximum absolute atomic E-state index is 10.4. The van der Waals surface area contributed by atoms with Gasteiger partial charge in [0.15, 0.2) is 6.67 Å². The molecule has 0 saturated heterocycles. The Balaban J connectivity index is 0. The maximum Gasteiger partial charge on any atom is 0.416 e. The van der Waals surface area contributed by atoms with Crippen LogP contribution in [0.4, 0.5) is 30.7 Å². The van der Waals surface area contributed by atoms with Gasteiger partial charge < -0.3 is 0 Å². The minimum absolute atomic E-state index is 2.23. The molecule has 0 aliphatic heterocycles. The third-order valence-electron chi connectivity index (χ3n) is 0.152. The van der Waals surface area contributed by atoms with Gasteiger partial charge in [-0.15, -0.1) is 0 Å². The van der Waals surface area contributed by atoms with Crippen LogP contribution in [-0.2, 0) is 0 Å². The lowest BCUT2D eigenvalue weighted by molar-refractivity contribution is -0.142.